The lowest BCUT2D eigenvalue weighted by atomic mass is 10.2. The summed E-state index contributed by atoms with van der Waals surface area (Å²) >= 11 is 0. The number of hydrogen-bond acceptors (Lipinski definition) is 5. The van der Waals surface area contributed by atoms with Gasteiger partial charge in [-0.2, -0.15) is 5.26 Å². The number of aromatic nitrogens is 1. The predicted molar refractivity (Wildman–Crippen MR) is 69.4 cm³/mol. The number of hydrogen-bond donors (Lipinski definition) is 1. The third-order valence-corrected chi connectivity index (χ3v) is 3.22. The summed E-state index contributed by atoms with van der Waals surface area (Å²) in [6.07, 6.45) is 0. The summed E-state index contributed by atoms with van der Waals surface area (Å²) < 4.78 is 0. The number of aliphatic hydroxyl groups excluding tert-OH is 1. The fourth-order valence-corrected chi connectivity index (χ4v) is 2.20. The smallest absolute Gasteiger partial charge is 0.146 e. The van der Waals surface area contributed by atoms with Crippen LogP contribution in [0.2, 0.25) is 0 Å². The van der Waals surface area contributed by atoms with Gasteiger partial charge in [0.25, 0.3) is 0 Å². The summed E-state index contributed by atoms with van der Waals surface area (Å²) in [5.74, 6) is 0.793. The Morgan fingerprint density at radius 1 is 1.33 bits per heavy atom. The minimum Gasteiger partial charge on any atom is -0.395 e. The quantitative estimate of drug-likeness (QED) is 0.835. The number of nitriles is 1. The van der Waals surface area contributed by atoms with Crippen LogP contribution in [-0.4, -0.2) is 54.3 Å². The average molecular weight is 246 g/mol. The van der Waals surface area contributed by atoms with Gasteiger partial charge in [-0.1, -0.05) is 0 Å². The molecule has 1 fully saturated rings. The number of nitrogens with zero attached hydrogens (tertiary/aromatic N) is 4. The van der Waals surface area contributed by atoms with Crippen molar-refractivity contribution in [2.75, 3.05) is 44.2 Å². The molecule has 5 nitrogen and oxygen atoms in total. The molecular weight excluding hydrogens is 228 g/mol. The fourth-order valence-electron chi connectivity index (χ4n) is 2.20. The highest BCUT2D eigenvalue weighted by atomic mass is 16.3. The molecule has 1 aromatic heterocycles. The lowest BCUT2D eigenvalue weighted by Crippen LogP contribution is -2.47. The van der Waals surface area contributed by atoms with E-state index in [0.717, 1.165) is 44.2 Å². The topological polar surface area (TPSA) is 63.4 Å². The van der Waals surface area contributed by atoms with Crippen LogP contribution in [0.3, 0.4) is 0 Å². The largest absolute Gasteiger partial charge is 0.395 e. The monoisotopic (exact) mass is 246 g/mol. The molecule has 0 amide bonds. The molecule has 18 heavy (non-hydrogen) atoms. The Bertz CT molecular complexity index is 447. The second-order valence-electron chi connectivity index (χ2n) is 4.49. The third kappa shape index (κ3) is 2.78. The van der Waals surface area contributed by atoms with Crippen LogP contribution in [0.5, 0.6) is 0 Å². The first kappa shape index (κ1) is 12.8. The Balaban J connectivity index is 2.10. The maximum Gasteiger partial charge on any atom is 0.146 e. The number of pyridine rings is 1. The van der Waals surface area contributed by atoms with Gasteiger partial charge >= 0.3 is 0 Å². The van der Waals surface area contributed by atoms with E-state index in [1.807, 2.05) is 19.1 Å². The lowest BCUT2D eigenvalue weighted by Gasteiger charge is -2.35. The third-order valence-electron chi connectivity index (χ3n) is 3.22. The molecule has 0 aromatic carbocycles. The maximum atomic E-state index is 9.12. The fraction of sp³-hybridized carbons (Fsp3) is 0.538. The van der Waals surface area contributed by atoms with E-state index >= 15 is 0 Å². The molecule has 1 aliphatic rings. The van der Waals surface area contributed by atoms with Crippen LogP contribution >= 0.6 is 0 Å². The summed E-state index contributed by atoms with van der Waals surface area (Å²) in [7, 11) is 0. The van der Waals surface area contributed by atoms with Crippen LogP contribution in [0.25, 0.3) is 0 Å². The van der Waals surface area contributed by atoms with E-state index in [4.69, 9.17) is 10.4 Å². The number of rotatable bonds is 3. The van der Waals surface area contributed by atoms with Crippen LogP contribution in [0, 0.1) is 18.3 Å². The van der Waals surface area contributed by atoms with E-state index in [1.165, 1.54) is 0 Å². The zero-order valence-corrected chi connectivity index (χ0v) is 10.6. The summed E-state index contributed by atoms with van der Waals surface area (Å²) in [6.45, 7) is 6.37. The first-order chi connectivity index (χ1) is 8.74. The van der Waals surface area contributed by atoms with Gasteiger partial charge in [0.05, 0.1) is 12.2 Å². The molecule has 0 unspecified atom stereocenters. The van der Waals surface area contributed by atoms with E-state index < -0.39 is 0 Å². The molecular formula is C13H18N4O. The molecule has 1 saturated heterocycles. The van der Waals surface area contributed by atoms with Crippen molar-refractivity contribution in [3.05, 3.63) is 23.4 Å². The van der Waals surface area contributed by atoms with Crippen molar-refractivity contribution >= 4 is 5.82 Å². The van der Waals surface area contributed by atoms with Crippen molar-refractivity contribution in [3.8, 4) is 6.07 Å². The molecule has 0 spiro atoms. The van der Waals surface area contributed by atoms with Gasteiger partial charge in [-0.05, 0) is 19.1 Å². The van der Waals surface area contributed by atoms with E-state index in [0.29, 0.717) is 5.56 Å². The Morgan fingerprint density at radius 2 is 2.06 bits per heavy atom. The van der Waals surface area contributed by atoms with Gasteiger partial charge < -0.3 is 10.0 Å². The molecule has 0 atom stereocenters. The summed E-state index contributed by atoms with van der Waals surface area (Å²) in [6, 6.07) is 5.89. The predicted octanol–water partition coefficient (Wildman–Crippen LogP) is 0.376. The Kier molecular flexibility index (Phi) is 4.13. The zero-order valence-electron chi connectivity index (χ0n) is 10.6. The van der Waals surface area contributed by atoms with Crippen LogP contribution in [0.15, 0.2) is 12.1 Å². The number of anilines is 1. The second kappa shape index (κ2) is 5.80. The number of β-amino-alcohol motifs (C(OH)–C–C–N with tert-alkyl or cyclic N) is 1. The molecule has 1 N–H and O–H groups in total. The van der Waals surface area contributed by atoms with Crippen LogP contribution in [-0.2, 0) is 0 Å². The van der Waals surface area contributed by atoms with Crippen molar-refractivity contribution in [1.29, 1.82) is 5.26 Å². The minimum absolute atomic E-state index is 0.201. The van der Waals surface area contributed by atoms with Gasteiger partial charge in [-0.15, -0.1) is 0 Å². The molecule has 0 aliphatic carbocycles. The Morgan fingerprint density at radius 3 is 2.67 bits per heavy atom. The summed E-state index contributed by atoms with van der Waals surface area (Å²) in [4.78, 5) is 8.85. The molecule has 1 aromatic rings. The van der Waals surface area contributed by atoms with E-state index in [-0.39, 0.29) is 6.61 Å². The van der Waals surface area contributed by atoms with Crippen LogP contribution in [0.1, 0.15) is 11.3 Å². The molecule has 0 saturated carbocycles. The minimum atomic E-state index is 0.201. The normalized spacial score (nSPS) is 16.6. The average Bonchev–Trinajstić information content (AvgIpc) is 2.40. The standard InChI is InChI=1S/C13H18N4O/c1-11-2-3-12(10-14)13(15-11)17-6-4-16(5-7-17)8-9-18/h2-3,18H,4-9H2,1H3. The molecule has 2 rings (SSSR count). The number of piperazine rings is 1. The van der Waals surface area contributed by atoms with Crippen molar-refractivity contribution in [2.24, 2.45) is 0 Å². The Labute approximate surface area is 107 Å². The van der Waals surface area contributed by atoms with Crippen LogP contribution in [0.4, 0.5) is 5.82 Å². The van der Waals surface area contributed by atoms with Crippen molar-refractivity contribution in [3.63, 3.8) is 0 Å². The molecule has 5 heteroatoms. The highest BCUT2D eigenvalue weighted by Gasteiger charge is 2.19. The van der Waals surface area contributed by atoms with Gasteiger partial charge in [0, 0.05) is 38.4 Å². The van der Waals surface area contributed by atoms with E-state index in [1.54, 1.807) is 0 Å². The van der Waals surface area contributed by atoms with Crippen molar-refractivity contribution in [2.45, 2.75) is 6.92 Å². The number of aryl methyl sites for hydroxylation is 1. The summed E-state index contributed by atoms with van der Waals surface area (Å²) in [5.41, 5.74) is 1.57. The first-order valence-electron chi connectivity index (χ1n) is 6.20. The molecule has 1 aliphatic heterocycles. The molecule has 96 valence electrons. The Hall–Kier alpha value is -1.64. The van der Waals surface area contributed by atoms with Crippen molar-refractivity contribution < 1.29 is 5.11 Å². The lowest BCUT2D eigenvalue weighted by molar-refractivity contribution is 0.188. The van der Waals surface area contributed by atoms with Gasteiger partial charge in [-0.3, -0.25) is 4.90 Å². The molecule has 0 radical (unpaired) electrons. The number of aliphatic hydroxyl groups is 1. The highest BCUT2D eigenvalue weighted by molar-refractivity contribution is 5.54. The zero-order chi connectivity index (χ0) is 13.0. The molecule has 2 heterocycles. The van der Waals surface area contributed by atoms with Crippen LogP contribution < -0.4 is 4.90 Å². The highest BCUT2D eigenvalue weighted by Crippen LogP contribution is 2.19. The van der Waals surface area contributed by atoms with Gasteiger partial charge in [0.15, 0.2) is 0 Å². The second-order valence-corrected chi connectivity index (χ2v) is 4.49. The van der Waals surface area contributed by atoms with E-state index in [2.05, 4.69) is 20.9 Å². The summed E-state index contributed by atoms with van der Waals surface area (Å²) in [5, 5.41) is 18.0. The van der Waals surface area contributed by atoms with Gasteiger partial charge in [-0.25, -0.2) is 4.98 Å². The SMILES string of the molecule is Cc1ccc(C#N)c(N2CCN(CCO)CC2)n1. The van der Waals surface area contributed by atoms with E-state index in [9.17, 15) is 0 Å². The van der Waals surface area contributed by atoms with Gasteiger partial charge in [0.1, 0.15) is 11.9 Å². The maximum absolute atomic E-state index is 9.12. The first-order valence-corrected chi connectivity index (χ1v) is 6.20. The molecule has 0 bridgehead atoms. The van der Waals surface area contributed by atoms with Crippen molar-refractivity contribution in [1.82, 2.24) is 9.88 Å². The van der Waals surface area contributed by atoms with Gasteiger partial charge in [0.2, 0.25) is 0 Å².